The molecular formula is C19H25N3O5. The normalized spacial score (nSPS) is 11.3. The summed E-state index contributed by atoms with van der Waals surface area (Å²) in [5, 5.41) is 6.47. The Labute approximate surface area is 158 Å². The molecule has 1 aromatic heterocycles. The first kappa shape index (κ1) is 20.4. The summed E-state index contributed by atoms with van der Waals surface area (Å²) in [4.78, 5) is 27.9. The Hall–Kier alpha value is -2.90. The summed E-state index contributed by atoms with van der Waals surface area (Å²) in [6.45, 7) is 9.49. The van der Waals surface area contributed by atoms with Gasteiger partial charge >= 0.3 is 12.1 Å². The maximum absolute atomic E-state index is 12.1. The lowest BCUT2D eigenvalue weighted by atomic mass is 10.1. The zero-order valence-electron chi connectivity index (χ0n) is 16.2. The first-order valence-electron chi connectivity index (χ1n) is 8.69. The number of benzene rings is 1. The van der Waals surface area contributed by atoms with Crippen LogP contribution in [0.3, 0.4) is 0 Å². The summed E-state index contributed by atoms with van der Waals surface area (Å²) in [6.07, 6.45) is -0.494. The minimum absolute atomic E-state index is 0.0828. The number of carbonyl (C=O) groups excluding carboxylic acids is 2. The van der Waals surface area contributed by atoms with E-state index in [0.717, 1.165) is 5.56 Å². The summed E-state index contributed by atoms with van der Waals surface area (Å²) in [6, 6.07) is 6.72. The van der Waals surface area contributed by atoms with E-state index in [4.69, 9.17) is 14.0 Å². The van der Waals surface area contributed by atoms with Gasteiger partial charge in [0.15, 0.2) is 12.4 Å². The van der Waals surface area contributed by atoms with Gasteiger partial charge in [-0.3, -0.25) is 0 Å². The number of rotatable bonds is 6. The highest BCUT2D eigenvalue weighted by Gasteiger charge is 2.16. The van der Waals surface area contributed by atoms with E-state index in [1.54, 1.807) is 45.0 Å². The second-order valence-corrected chi connectivity index (χ2v) is 7.33. The lowest BCUT2D eigenvalue weighted by Gasteiger charge is -2.19. The molecular weight excluding hydrogens is 350 g/mol. The van der Waals surface area contributed by atoms with Crippen LogP contribution in [0.1, 0.15) is 68.2 Å². The third-order valence-corrected chi connectivity index (χ3v) is 3.35. The maximum atomic E-state index is 12.1. The minimum Gasteiger partial charge on any atom is -0.452 e. The van der Waals surface area contributed by atoms with Crippen LogP contribution in [0.2, 0.25) is 0 Å². The first-order chi connectivity index (χ1) is 12.6. The number of amides is 1. The molecule has 0 aliphatic carbocycles. The van der Waals surface area contributed by atoms with E-state index in [-0.39, 0.29) is 18.4 Å². The van der Waals surface area contributed by atoms with Gasteiger partial charge < -0.3 is 19.3 Å². The van der Waals surface area contributed by atoms with Crippen molar-refractivity contribution in [3.8, 4) is 0 Å². The lowest BCUT2D eigenvalue weighted by molar-refractivity contribution is 0.0428. The van der Waals surface area contributed by atoms with Crippen molar-refractivity contribution in [2.75, 3.05) is 0 Å². The molecule has 0 bridgehead atoms. The topological polar surface area (TPSA) is 104 Å². The molecule has 0 spiro atoms. The van der Waals surface area contributed by atoms with Crippen molar-refractivity contribution in [3.63, 3.8) is 0 Å². The van der Waals surface area contributed by atoms with Crippen LogP contribution in [0, 0.1) is 0 Å². The van der Waals surface area contributed by atoms with Gasteiger partial charge in [0.05, 0.1) is 5.56 Å². The molecule has 1 heterocycles. The molecule has 2 aromatic rings. The third kappa shape index (κ3) is 6.73. The Balaban J connectivity index is 1.83. The molecule has 0 saturated heterocycles. The highest BCUT2D eigenvalue weighted by Crippen LogP contribution is 2.12. The second-order valence-electron chi connectivity index (χ2n) is 7.33. The second kappa shape index (κ2) is 8.66. The van der Waals surface area contributed by atoms with Crippen LogP contribution in [-0.4, -0.2) is 27.8 Å². The molecule has 8 nitrogen and oxygen atoms in total. The van der Waals surface area contributed by atoms with Crippen LogP contribution in [0.25, 0.3) is 0 Å². The van der Waals surface area contributed by atoms with Gasteiger partial charge in [-0.25, -0.2) is 9.59 Å². The van der Waals surface area contributed by atoms with Crippen LogP contribution in [0.5, 0.6) is 0 Å². The fourth-order valence-electron chi connectivity index (χ4n) is 2.02. The standard InChI is InChI=1S/C19H25N3O5/c1-12(2)16-21-15(27-22-16)11-25-17(23)14-8-6-13(7-9-14)10-20-18(24)26-19(3,4)5/h6-9,12H,10-11H2,1-5H3,(H,20,24). The monoisotopic (exact) mass is 375 g/mol. The van der Waals surface area contributed by atoms with Crippen LogP contribution in [-0.2, 0) is 22.6 Å². The SMILES string of the molecule is CC(C)c1noc(COC(=O)c2ccc(CNC(=O)OC(C)(C)C)cc2)n1. The van der Waals surface area contributed by atoms with Crippen molar-refractivity contribution in [1.29, 1.82) is 0 Å². The van der Waals surface area contributed by atoms with Gasteiger partial charge in [0.25, 0.3) is 5.89 Å². The number of alkyl carbamates (subject to hydrolysis) is 1. The van der Waals surface area contributed by atoms with E-state index in [2.05, 4.69) is 15.5 Å². The van der Waals surface area contributed by atoms with E-state index in [1.165, 1.54) is 0 Å². The number of esters is 1. The molecule has 0 unspecified atom stereocenters. The van der Waals surface area contributed by atoms with Crippen molar-refractivity contribution < 1.29 is 23.6 Å². The maximum Gasteiger partial charge on any atom is 0.407 e. The number of aromatic nitrogens is 2. The van der Waals surface area contributed by atoms with Crippen LogP contribution in [0.15, 0.2) is 28.8 Å². The molecule has 1 N–H and O–H groups in total. The highest BCUT2D eigenvalue weighted by atomic mass is 16.6. The van der Waals surface area contributed by atoms with E-state index in [9.17, 15) is 9.59 Å². The fourth-order valence-corrected chi connectivity index (χ4v) is 2.02. The highest BCUT2D eigenvalue weighted by molar-refractivity contribution is 5.89. The van der Waals surface area contributed by atoms with Gasteiger partial charge in [-0.05, 0) is 38.5 Å². The number of hydrogen-bond acceptors (Lipinski definition) is 7. The fraction of sp³-hybridized carbons (Fsp3) is 0.474. The molecule has 1 aromatic carbocycles. The lowest BCUT2D eigenvalue weighted by Crippen LogP contribution is -2.32. The predicted octanol–water partition coefficient (Wildman–Crippen LogP) is 3.57. The van der Waals surface area contributed by atoms with Crippen molar-refractivity contribution in [2.24, 2.45) is 0 Å². The number of hydrogen-bond donors (Lipinski definition) is 1. The van der Waals surface area contributed by atoms with E-state index >= 15 is 0 Å². The smallest absolute Gasteiger partial charge is 0.407 e. The van der Waals surface area contributed by atoms with E-state index in [0.29, 0.717) is 17.9 Å². The molecule has 2 rings (SSSR count). The Morgan fingerprint density at radius 2 is 1.85 bits per heavy atom. The van der Waals surface area contributed by atoms with Crippen LogP contribution < -0.4 is 5.32 Å². The number of nitrogens with zero attached hydrogens (tertiary/aromatic N) is 2. The predicted molar refractivity (Wildman–Crippen MR) is 97.0 cm³/mol. The molecule has 0 fully saturated rings. The average molecular weight is 375 g/mol. The zero-order chi connectivity index (χ0) is 20.0. The average Bonchev–Trinajstić information content (AvgIpc) is 3.06. The summed E-state index contributed by atoms with van der Waals surface area (Å²) in [5.41, 5.74) is 0.668. The molecule has 0 radical (unpaired) electrons. The quantitative estimate of drug-likeness (QED) is 0.770. The molecule has 1 amide bonds. The zero-order valence-corrected chi connectivity index (χ0v) is 16.2. The van der Waals surface area contributed by atoms with E-state index in [1.807, 2.05) is 13.8 Å². The van der Waals surface area contributed by atoms with Crippen molar-refractivity contribution in [1.82, 2.24) is 15.5 Å². The Morgan fingerprint density at radius 1 is 1.19 bits per heavy atom. The summed E-state index contributed by atoms with van der Waals surface area (Å²) in [7, 11) is 0. The summed E-state index contributed by atoms with van der Waals surface area (Å²) < 4.78 is 15.4. The van der Waals surface area contributed by atoms with Gasteiger partial charge in [0.2, 0.25) is 0 Å². The first-order valence-corrected chi connectivity index (χ1v) is 8.69. The molecule has 0 saturated carbocycles. The van der Waals surface area contributed by atoms with Crippen molar-refractivity contribution >= 4 is 12.1 Å². The summed E-state index contributed by atoms with van der Waals surface area (Å²) >= 11 is 0. The van der Waals surface area contributed by atoms with Gasteiger partial charge in [-0.2, -0.15) is 4.98 Å². The third-order valence-electron chi connectivity index (χ3n) is 3.35. The van der Waals surface area contributed by atoms with Crippen LogP contribution in [0.4, 0.5) is 4.79 Å². The van der Waals surface area contributed by atoms with Gasteiger partial charge in [0.1, 0.15) is 5.60 Å². The Kier molecular flexibility index (Phi) is 6.55. The number of ether oxygens (including phenoxy) is 2. The molecule has 27 heavy (non-hydrogen) atoms. The summed E-state index contributed by atoms with van der Waals surface area (Å²) in [5.74, 6) is 0.471. The van der Waals surface area contributed by atoms with E-state index < -0.39 is 17.7 Å². The number of nitrogens with one attached hydrogen (secondary N) is 1. The molecule has 0 aliphatic rings. The Morgan fingerprint density at radius 3 is 2.41 bits per heavy atom. The van der Waals surface area contributed by atoms with Gasteiger partial charge in [-0.15, -0.1) is 0 Å². The minimum atomic E-state index is -0.550. The molecule has 146 valence electrons. The Bertz CT molecular complexity index is 775. The van der Waals surface area contributed by atoms with Crippen molar-refractivity contribution in [2.45, 2.75) is 59.3 Å². The number of carbonyl (C=O) groups is 2. The van der Waals surface area contributed by atoms with Gasteiger partial charge in [-0.1, -0.05) is 31.1 Å². The van der Waals surface area contributed by atoms with Gasteiger partial charge in [0, 0.05) is 12.5 Å². The largest absolute Gasteiger partial charge is 0.452 e. The molecule has 0 atom stereocenters. The van der Waals surface area contributed by atoms with Crippen molar-refractivity contribution in [3.05, 3.63) is 47.1 Å². The van der Waals surface area contributed by atoms with Crippen LogP contribution >= 0.6 is 0 Å². The molecule has 8 heteroatoms. The molecule has 0 aliphatic heterocycles.